The summed E-state index contributed by atoms with van der Waals surface area (Å²) in [6, 6.07) is 10.4. The molecule has 0 aliphatic carbocycles. The zero-order valence-corrected chi connectivity index (χ0v) is 12.7. The normalized spacial score (nSPS) is 12.2. The Hall–Kier alpha value is -1.62. The Morgan fingerprint density at radius 2 is 2.05 bits per heavy atom. The monoisotopic (exact) mass is 308 g/mol. The summed E-state index contributed by atoms with van der Waals surface area (Å²) in [6.07, 6.45) is 0.554. The van der Waals surface area contributed by atoms with Crippen molar-refractivity contribution < 1.29 is 9.13 Å². The van der Waals surface area contributed by atoms with Gasteiger partial charge in [-0.15, -0.1) is 0 Å². The lowest BCUT2D eigenvalue weighted by Crippen LogP contribution is -2.30. The van der Waals surface area contributed by atoms with Gasteiger partial charge in [-0.1, -0.05) is 23.7 Å². The summed E-state index contributed by atoms with van der Waals surface area (Å²) in [5.41, 5.74) is 5.68. The van der Waals surface area contributed by atoms with Gasteiger partial charge in [0.1, 0.15) is 0 Å². The number of rotatable bonds is 5. The number of methoxy groups -OCH3 is 1. The number of hydrogen-bond acceptors (Lipinski definition) is 3. The number of aryl methyl sites for hydroxylation is 1. The second-order valence-corrected chi connectivity index (χ2v) is 5.33. The van der Waals surface area contributed by atoms with E-state index in [1.165, 1.54) is 13.2 Å². The molecule has 2 aromatic rings. The molecule has 0 heterocycles. The number of hydrazine groups is 1. The minimum atomic E-state index is -0.381. The third kappa shape index (κ3) is 3.73. The van der Waals surface area contributed by atoms with Crippen LogP contribution < -0.4 is 16.0 Å². The highest BCUT2D eigenvalue weighted by Crippen LogP contribution is 2.26. The molecular weight excluding hydrogens is 291 g/mol. The SMILES string of the molecule is COc1ccc(CC(NN)c2cc(Cl)ccc2C)cc1F. The van der Waals surface area contributed by atoms with E-state index in [2.05, 4.69) is 5.43 Å². The van der Waals surface area contributed by atoms with E-state index in [4.69, 9.17) is 22.2 Å². The number of nitrogens with two attached hydrogens (primary N) is 1. The summed E-state index contributed by atoms with van der Waals surface area (Å²) in [6.45, 7) is 1.99. The summed E-state index contributed by atoms with van der Waals surface area (Å²) in [4.78, 5) is 0. The molecule has 0 aromatic heterocycles. The van der Waals surface area contributed by atoms with Crippen LogP contribution in [0, 0.1) is 12.7 Å². The first kappa shape index (κ1) is 15.8. The third-order valence-corrected chi connectivity index (χ3v) is 3.71. The zero-order chi connectivity index (χ0) is 15.4. The second-order valence-electron chi connectivity index (χ2n) is 4.89. The highest BCUT2D eigenvalue weighted by Gasteiger charge is 2.15. The average Bonchev–Trinajstić information content (AvgIpc) is 2.47. The van der Waals surface area contributed by atoms with Gasteiger partial charge in [0.15, 0.2) is 11.6 Å². The Bertz CT molecular complexity index is 634. The molecular formula is C16H18ClFN2O. The smallest absolute Gasteiger partial charge is 0.165 e. The van der Waals surface area contributed by atoms with Crippen LogP contribution in [0.1, 0.15) is 22.7 Å². The van der Waals surface area contributed by atoms with E-state index in [0.29, 0.717) is 11.4 Å². The lowest BCUT2D eigenvalue weighted by molar-refractivity contribution is 0.386. The molecule has 0 aliphatic heterocycles. The number of halogens is 2. The molecule has 0 spiro atoms. The van der Waals surface area contributed by atoms with E-state index in [1.54, 1.807) is 6.07 Å². The van der Waals surface area contributed by atoms with Crippen LogP contribution in [0.2, 0.25) is 5.02 Å². The molecule has 5 heteroatoms. The molecule has 0 fully saturated rings. The van der Waals surface area contributed by atoms with Gasteiger partial charge in [-0.05, 0) is 54.3 Å². The summed E-state index contributed by atoms with van der Waals surface area (Å²) >= 11 is 6.04. The molecule has 1 unspecified atom stereocenters. The lowest BCUT2D eigenvalue weighted by Gasteiger charge is -2.19. The van der Waals surface area contributed by atoms with Crippen molar-refractivity contribution in [1.82, 2.24) is 5.43 Å². The van der Waals surface area contributed by atoms with Gasteiger partial charge in [0.2, 0.25) is 0 Å². The van der Waals surface area contributed by atoms with Crippen molar-refractivity contribution in [3.8, 4) is 5.75 Å². The molecule has 0 bridgehead atoms. The molecule has 0 radical (unpaired) electrons. The fourth-order valence-electron chi connectivity index (χ4n) is 2.32. The van der Waals surface area contributed by atoms with Gasteiger partial charge >= 0.3 is 0 Å². The number of ether oxygens (including phenoxy) is 1. The predicted molar refractivity (Wildman–Crippen MR) is 82.9 cm³/mol. The Labute approximate surface area is 128 Å². The van der Waals surface area contributed by atoms with Crippen LogP contribution in [-0.4, -0.2) is 7.11 Å². The van der Waals surface area contributed by atoms with Crippen LogP contribution in [-0.2, 0) is 6.42 Å². The first-order valence-corrected chi connectivity index (χ1v) is 6.97. The van der Waals surface area contributed by atoms with Crippen LogP contribution in [0.3, 0.4) is 0 Å². The van der Waals surface area contributed by atoms with Gasteiger partial charge in [-0.3, -0.25) is 11.3 Å². The van der Waals surface area contributed by atoms with E-state index < -0.39 is 0 Å². The predicted octanol–water partition coefficient (Wildman–Crippen LogP) is 3.54. The first-order chi connectivity index (χ1) is 10.0. The van der Waals surface area contributed by atoms with Crippen molar-refractivity contribution in [2.45, 2.75) is 19.4 Å². The number of nitrogens with one attached hydrogen (secondary N) is 1. The van der Waals surface area contributed by atoms with Gasteiger partial charge in [0.25, 0.3) is 0 Å². The van der Waals surface area contributed by atoms with Crippen molar-refractivity contribution >= 4 is 11.6 Å². The Morgan fingerprint density at radius 3 is 2.67 bits per heavy atom. The van der Waals surface area contributed by atoms with Crippen LogP contribution in [0.25, 0.3) is 0 Å². The largest absolute Gasteiger partial charge is 0.494 e. The molecule has 3 N–H and O–H groups in total. The fourth-order valence-corrected chi connectivity index (χ4v) is 2.50. The maximum Gasteiger partial charge on any atom is 0.165 e. The standard InChI is InChI=1S/C16H18ClFN2O/c1-10-3-5-12(17)9-13(10)15(20-19)8-11-4-6-16(21-2)14(18)7-11/h3-7,9,15,20H,8,19H2,1-2H3. The Kier molecular flexibility index (Phi) is 5.17. The van der Waals surface area contributed by atoms with Crippen LogP contribution >= 0.6 is 11.6 Å². The third-order valence-electron chi connectivity index (χ3n) is 3.47. The number of benzene rings is 2. The van der Waals surface area contributed by atoms with E-state index >= 15 is 0 Å². The van der Waals surface area contributed by atoms with Gasteiger partial charge in [0, 0.05) is 5.02 Å². The summed E-state index contributed by atoms with van der Waals surface area (Å²) < 4.78 is 18.7. The first-order valence-electron chi connectivity index (χ1n) is 6.59. The highest BCUT2D eigenvalue weighted by atomic mass is 35.5. The summed E-state index contributed by atoms with van der Waals surface area (Å²) in [5, 5.41) is 0.650. The molecule has 0 amide bonds. The lowest BCUT2D eigenvalue weighted by atomic mass is 9.96. The molecule has 2 aromatic carbocycles. The van der Waals surface area contributed by atoms with Crippen LogP contribution in [0.4, 0.5) is 4.39 Å². The molecule has 112 valence electrons. The topological polar surface area (TPSA) is 47.3 Å². The molecule has 0 saturated carbocycles. The average molecular weight is 309 g/mol. The minimum absolute atomic E-state index is 0.142. The fraction of sp³-hybridized carbons (Fsp3) is 0.250. The maximum atomic E-state index is 13.8. The number of hydrogen-bond donors (Lipinski definition) is 2. The minimum Gasteiger partial charge on any atom is -0.494 e. The van der Waals surface area contributed by atoms with Crippen molar-refractivity contribution in [3.05, 3.63) is 63.9 Å². The van der Waals surface area contributed by atoms with Gasteiger partial charge in [-0.2, -0.15) is 0 Å². The van der Waals surface area contributed by atoms with Crippen molar-refractivity contribution in [3.63, 3.8) is 0 Å². The van der Waals surface area contributed by atoms with Crippen molar-refractivity contribution in [2.75, 3.05) is 7.11 Å². The molecule has 0 aliphatic rings. The summed E-state index contributed by atoms with van der Waals surface area (Å²) in [7, 11) is 1.44. The second kappa shape index (κ2) is 6.89. The van der Waals surface area contributed by atoms with Gasteiger partial charge in [0.05, 0.1) is 13.2 Å². The van der Waals surface area contributed by atoms with E-state index in [-0.39, 0.29) is 17.6 Å². The maximum absolute atomic E-state index is 13.8. The van der Waals surface area contributed by atoms with E-state index in [1.807, 2.05) is 31.2 Å². The quantitative estimate of drug-likeness (QED) is 0.656. The van der Waals surface area contributed by atoms with E-state index in [9.17, 15) is 4.39 Å². The summed E-state index contributed by atoms with van der Waals surface area (Å²) in [5.74, 6) is 5.50. The highest BCUT2D eigenvalue weighted by molar-refractivity contribution is 6.30. The molecule has 2 rings (SSSR count). The zero-order valence-electron chi connectivity index (χ0n) is 12.0. The van der Waals surface area contributed by atoms with Crippen LogP contribution in [0.15, 0.2) is 36.4 Å². The van der Waals surface area contributed by atoms with E-state index in [0.717, 1.165) is 16.7 Å². The molecule has 1 atom stereocenters. The molecule has 3 nitrogen and oxygen atoms in total. The Morgan fingerprint density at radius 1 is 1.29 bits per heavy atom. The van der Waals surface area contributed by atoms with Gasteiger partial charge < -0.3 is 4.74 Å². The van der Waals surface area contributed by atoms with Crippen LogP contribution in [0.5, 0.6) is 5.75 Å². The Balaban J connectivity index is 2.26. The van der Waals surface area contributed by atoms with Gasteiger partial charge in [-0.25, -0.2) is 4.39 Å². The van der Waals surface area contributed by atoms with Crippen molar-refractivity contribution in [2.24, 2.45) is 5.84 Å². The molecule has 21 heavy (non-hydrogen) atoms. The molecule has 0 saturated heterocycles. The van der Waals surface area contributed by atoms with Crippen molar-refractivity contribution in [1.29, 1.82) is 0 Å².